The maximum absolute atomic E-state index is 12.8. The smallest absolute Gasteiger partial charge is 0.251 e. The van der Waals surface area contributed by atoms with Gasteiger partial charge in [0.15, 0.2) is 0 Å². The quantitative estimate of drug-likeness (QED) is 0.376. The van der Waals surface area contributed by atoms with Crippen molar-refractivity contribution in [2.24, 2.45) is 0 Å². The molecule has 7 rings (SSSR count). The second-order valence-electron chi connectivity index (χ2n) is 10.7. The van der Waals surface area contributed by atoms with Crippen molar-refractivity contribution in [2.45, 2.75) is 57.0 Å². The third-order valence-corrected chi connectivity index (χ3v) is 8.24. The number of hydrogen-bond acceptors (Lipinski definition) is 5. The van der Waals surface area contributed by atoms with Gasteiger partial charge in [-0.3, -0.25) is 14.8 Å². The summed E-state index contributed by atoms with van der Waals surface area (Å²) in [7, 11) is 0. The molecular weight excluding hydrogens is 474 g/mol. The van der Waals surface area contributed by atoms with E-state index in [2.05, 4.69) is 39.1 Å². The van der Waals surface area contributed by atoms with Crippen LogP contribution in [0.15, 0.2) is 60.8 Å². The first-order valence-corrected chi connectivity index (χ1v) is 13.7. The standard InChI is InChI=1S/C31H31N5O2/c1-19-3-2-4-26(33-19)28-29(36-25-10-9-23(17-25)30(36)35-28)22-11-14-32-27(18-22)20-5-7-21(8-6-20)31(37)34-24-12-15-38-16-13-24/h2-8,11,14,18,23-25H,9-10,12-13,15-17H2,1H3,(H,34,37). The third kappa shape index (κ3) is 4.11. The Labute approximate surface area is 222 Å². The van der Waals surface area contributed by atoms with Crippen LogP contribution in [0, 0.1) is 6.92 Å². The van der Waals surface area contributed by atoms with Gasteiger partial charge in [-0.05, 0) is 75.4 Å². The molecule has 192 valence electrons. The van der Waals surface area contributed by atoms with Crippen LogP contribution in [0.1, 0.15) is 65.9 Å². The summed E-state index contributed by atoms with van der Waals surface area (Å²) in [5.74, 6) is 1.71. The Hall–Kier alpha value is -3.84. The Balaban J connectivity index is 1.22. The summed E-state index contributed by atoms with van der Waals surface area (Å²) in [5, 5.41) is 3.13. The molecule has 2 aliphatic heterocycles. The van der Waals surface area contributed by atoms with Crippen molar-refractivity contribution in [2.75, 3.05) is 13.2 Å². The van der Waals surface area contributed by atoms with Gasteiger partial charge in [0.05, 0.1) is 17.1 Å². The Kier molecular flexibility index (Phi) is 5.81. The van der Waals surface area contributed by atoms with E-state index < -0.39 is 0 Å². The van der Waals surface area contributed by atoms with Gasteiger partial charge in [0.2, 0.25) is 0 Å². The van der Waals surface area contributed by atoms with Gasteiger partial charge in [0, 0.05) is 59.8 Å². The Morgan fingerprint density at radius 2 is 1.79 bits per heavy atom. The van der Waals surface area contributed by atoms with E-state index in [1.165, 1.54) is 25.1 Å². The number of benzene rings is 1. The van der Waals surface area contributed by atoms with Crippen LogP contribution in [0.3, 0.4) is 0 Å². The number of ether oxygens (including phenoxy) is 1. The van der Waals surface area contributed by atoms with Crippen molar-refractivity contribution < 1.29 is 9.53 Å². The summed E-state index contributed by atoms with van der Waals surface area (Å²) in [6, 6.07) is 18.8. The van der Waals surface area contributed by atoms with Gasteiger partial charge in [0.1, 0.15) is 11.5 Å². The number of carbonyl (C=O) groups is 1. The monoisotopic (exact) mass is 505 g/mol. The van der Waals surface area contributed by atoms with Crippen molar-refractivity contribution in [3.63, 3.8) is 0 Å². The molecule has 1 amide bonds. The van der Waals surface area contributed by atoms with Crippen LogP contribution in [0.4, 0.5) is 0 Å². The first kappa shape index (κ1) is 23.3. The fourth-order valence-corrected chi connectivity index (χ4v) is 6.30. The number of nitrogens with one attached hydrogen (secondary N) is 1. The highest BCUT2D eigenvalue weighted by Gasteiger charge is 2.41. The molecule has 2 fully saturated rings. The normalized spacial score (nSPS) is 20.4. The summed E-state index contributed by atoms with van der Waals surface area (Å²) in [4.78, 5) is 27.4. The second-order valence-corrected chi connectivity index (χ2v) is 10.7. The molecule has 0 radical (unpaired) electrons. The van der Waals surface area contributed by atoms with E-state index >= 15 is 0 Å². The fourth-order valence-electron chi connectivity index (χ4n) is 6.30. The van der Waals surface area contributed by atoms with Crippen molar-refractivity contribution in [3.05, 3.63) is 77.9 Å². The molecule has 1 saturated carbocycles. The number of fused-ring (bicyclic) bond motifs is 5. The molecule has 2 atom stereocenters. The molecule has 3 aliphatic rings. The zero-order valence-electron chi connectivity index (χ0n) is 21.6. The van der Waals surface area contributed by atoms with Gasteiger partial charge < -0.3 is 14.6 Å². The maximum atomic E-state index is 12.8. The summed E-state index contributed by atoms with van der Waals surface area (Å²) in [6.45, 7) is 3.43. The lowest BCUT2D eigenvalue weighted by Crippen LogP contribution is -2.38. The van der Waals surface area contributed by atoms with Crippen LogP contribution in [-0.4, -0.2) is 44.7 Å². The van der Waals surface area contributed by atoms with Gasteiger partial charge in [-0.15, -0.1) is 0 Å². The minimum Gasteiger partial charge on any atom is -0.381 e. The Bertz CT molecular complexity index is 1500. The van der Waals surface area contributed by atoms with E-state index in [0.29, 0.717) is 30.7 Å². The molecule has 2 bridgehead atoms. The van der Waals surface area contributed by atoms with Crippen molar-refractivity contribution >= 4 is 5.91 Å². The Morgan fingerprint density at radius 3 is 2.61 bits per heavy atom. The molecule has 0 spiro atoms. The van der Waals surface area contributed by atoms with Gasteiger partial charge in [-0.1, -0.05) is 18.2 Å². The minimum atomic E-state index is -0.0367. The highest BCUT2D eigenvalue weighted by Crippen LogP contribution is 2.52. The van der Waals surface area contributed by atoms with Gasteiger partial charge in [-0.2, -0.15) is 0 Å². The van der Waals surface area contributed by atoms with Gasteiger partial charge in [0.25, 0.3) is 5.91 Å². The van der Waals surface area contributed by atoms with Crippen molar-refractivity contribution in [1.82, 2.24) is 24.8 Å². The van der Waals surface area contributed by atoms with Crippen molar-refractivity contribution in [1.29, 1.82) is 0 Å². The van der Waals surface area contributed by atoms with Crippen LogP contribution in [0.5, 0.6) is 0 Å². The molecule has 1 N–H and O–H groups in total. The van der Waals surface area contributed by atoms with E-state index in [4.69, 9.17) is 14.7 Å². The van der Waals surface area contributed by atoms with E-state index in [1.54, 1.807) is 0 Å². The molecule has 5 heterocycles. The molecule has 38 heavy (non-hydrogen) atoms. The molecular formula is C31H31N5O2. The fraction of sp³-hybridized carbons (Fsp3) is 0.355. The van der Waals surface area contributed by atoms with Gasteiger partial charge in [-0.25, -0.2) is 4.98 Å². The summed E-state index contributed by atoms with van der Waals surface area (Å²) in [5.41, 5.74) is 7.61. The van der Waals surface area contributed by atoms with E-state index in [1.807, 2.05) is 43.5 Å². The molecule has 4 aromatic rings. The lowest BCUT2D eigenvalue weighted by atomic mass is 10.0. The van der Waals surface area contributed by atoms with Crippen LogP contribution < -0.4 is 5.32 Å². The summed E-state index contributed by atoms with van der Waals surface area (Å²) >= 11 is 0. The number of imidazole rings is 1. The molecule has 1 aromatic carbocycles. The van der Waals surface area contributed by atoms with Crippen LogP contribution in [0.2, 0.25) is 0 Å². The predicted octanol–water partition coefficient (Wildman–Crippen LogP) is 5.71. The first-order valence-electron chi connectivity index (χ1n) is 13.7. The third-order valence-electron chi connectivity index (χ3n) is 8.24. The van der Waals surface area contributed by atoms with Crippen molar-refractivity contribution in [3.8, 4) is 33.9 Å². The largest absolute Gasteiger partial charge is 0.381 e. The van der Waals surface area contributed by atoms with E-state index in [-0.39, 0.29) is 11.9 Å². The summed E-state index contributed by atoms with van der Waals surface area (Å²) in [6.07, 6.45) is 7.21. The highest BCUT2D eigenvalue weighted by molar-refractivity contribution is 5.95. The lowest BCUT2D eigenvalue weighted by Gasteiger charge is -2.23. The zero-order valence-corrected chi connectivity index (χ0v) is 21.6. The number of aryl methyl sites for hydroxylation is 1. The minimum absolute atomic E-state index is 0.0367. The SMILES string of the molecule is Cc1cccc(-c2nc3n(c2-c2ccnc(-c4ccc(C(=O)NC5CCOCC5)cc4)c2)C2CCC3C2)n1. The number of amides is 1. The van der Waals surface area contributed by atoms with Crippen LogP contribution in [-0.2, 0) is 4.74 Å². The zero-order chi connectivity index (χ0) is 25.6. The molecule has 2 unspecified atom stereocenters. The number of pyridine rings is 2. The van der Waals surface area contributed by atoms with Crippen LogP contribution in [0.25, 0.3) is 33.9 Å². The highest BCUT2D eigenvalue weighted by atomic mass is 16.5. The second kappa shape index (κ2) is 9.48. The predicted molar refractivity (Wildman–Crippen MR) is 146 cm³/mol. The average molecular weight is 506 g/mol. The van der Waals surface area contributed by atoms with E-state index in [9.17, 15) is 4.79 Å². The van der Waals surface area contributed by atoms with Crippen LogP contribution >= 0.6 is 0 Å². The number of rotatable bonds is 5. The number of aromatic nitrogens is 4. The molecule has 1 saturated heterocycles. The number of nitrogens with zero attached hydrogens (tertiary/aromatic N) is 4. The molecule has 7 heteroatoms. The number of hydrogen-bond donors (Lipinski definition) is 1. The Morgan fingerprint density at radius 1 is 0.947 bits per heavy atom. The van der Waals surface area contributed by atoms with Gasteiger partial charge >= 0.3 is 0 Å². The lowest BCUT2D eigenvalue weighted by molar-refractivity contribution is 0.0696. The average Bonchev–Trinajstić information content (AvgIpc) is 3.67. The molecule has 3 aromatic heterocycles. The topological polar surface area (TPSA) is 81.9 Å². The van der Waals surface area contributed by atoms with E-state index in [0.717, 1.165) is 52.4 Å². The first-order chi connectivity index (χ1) is 18.6. The molecule has 1 aliphatic carbocycles. The number of carbonyl (C=O) groups excluding carboxylic acids is 1. The summed E-state index contributed by atoms with van der Waals surface area (Å²) < 4.78 is 7.87. The maximum Gasteiger partial charge on any atom is 0.251 e. The molecule has 7 nitrogen and oxygen atoms in total.